The van der Waals surface area contributed by atoms with E-state index in [4.69, 9.17) is 5.73 Å². The fourth-order valence-corrected chi connectivity index (χ4v) is 1.60. The predicted octanol–water partition coefficient (Wildman–Crippen LogP) is 2.13. The Kier molecular flexibility index (Phi) is 4.69. The van der Waals surface area contributed by atoms with Crippen molar-refractivity contribution in [3.05, 3.63) is 23.8 Å². The van der Waals surface area contributed by atoms with Crippen molar-refractivity contribution in [1.29, 1.82) is 0 Å². The monoisotopic (exact) mass is 207 g/mol. The van der Waals surface area contributed by atoms with Gasteiger partial charge in [0.15, 0.2) is 0 Å². The Morgan fingerprint density at radius 2 is 2.13 bits per heavy atom. The molecular weight excluding hydrogens is 186 g/mol. The topological polar surface area (TPSA) is 51.8 Å². The van der Waals surface area contributed by atoms with Gasteiger partial charge in [-0.15, -0.1) is 0 Å². The van der Waals surface area contributed by atoms with Crippen LogP contribution < -0.4 is 5.73 Å². The Morgan fingerprint density at radius 3 is 2.67 bits per heavy atom. The zero-order valence-corrected chi connectivity index (χ0v) is 9.90. The van der Waals surface area contributed by atoms with Gasteiger partial charge in [0.2, 0.25) is 0 Å². The summed E-state index contributed by atoms with van der Waals surface area (Å²) in [7, 11) is 0. The smallest absolute Gasteiger partial charge is 0.132 e. The van der Waals surface area contributed by atoms with Crippen molar-refractivity contribution in [1.82, 2.24) is 9.97 Å². The standard InChI is InChI=1S/C12H21N3/c1-4-10(8-13)12-14-6-5-11(15-12)7-9(2)3/h5-6,9-10H,4,7-8,13H2,1-3H3. The Morgan fingerprint density at radius 1 is 1.40 bits per heavy atom. The lowest BCUT2D eigenvalue weighted by atomic mass is 10.0. The van der Waals surface area contributed by atoms with Crippen LogP contribution >= 0.6 is 0 Å². The van der Waals surface area contributed by atoms with Crippen molar-refractivity contribution < 1.29 is 0 Å². The molecule has 3 heteroatoms. The molecule has 84 valence electrons. The van der Waals surface area contributed by atoms with Gasteiger partial charge >= 0.3 is 0 Å². The average Bonchev–Trinajstić information content (AvgIpc) is 2.19. The summed E-state index contributed by atoms with van der Waals surface area (Å²) < 4.78 is 0. The minimum atomic E-state index is 0.303. The number of aromatic nitrogens is 2. The highest BCUT2D eigenvalue weighted by atomic mass is 14.9. The van der Waals surface area contributed by atoms with Gasteiger partial charge in [-0.2, -0.15) is 0 Å². The lowest BCUT2D eigenvalue weighted by molar-refractivity contribution is 0.600. The van der Waals surface area contributed by atoms with E-state index in [1.165, 1.54) is 0 Å². The third-order valence-corrected chi connectivity index (χ3v) is 2.49. The van der Waals surface area contributed by atoms with Crippen LogP contribution in [0.2, 0.25) is 0 Å². The van der Waals surface area contributed by atoms with E-state index in [-0.39, 0.29) is 0 Å². The van der Waals surface area contributed by atoms with Crippen molar-refractivity contribution in [2.24, 2.45) is 11.7 Å². The van der Waals surface area contributed by atoms with Gasteiger partial charge in [0.05, 0.1) is 0 Å². The summed E-state index contributed by atoms with van der Waals surface area (Å²) in [5.41, 5.74) is 6.81. The van der Waals surface area contributed by atoms with Crippen LogP contribution in [0.5, 0.6) is 0 Å². The Bertz CT molecular complexity index is 293. The molecule has 0 radical (unpaired) electrons. The van der Waals surface area contributed by atoms with Crippen LogP contribution in [-0.4, -0.2) is 16.5 Å². The van der Waals surface area contributed by atoms with Gasteiger partial charge in [0, 0.05) is 24.4 Å². The minimum Gasteiger partial charge on any atom is -0.330 e. The third kappa shape index (κ3) is 3.59. The molecule has 0 aliphatic rings. The maximum absolute atomic E-state index is 5.69. The van der Waals surface area contributed by atoms with Crippen LogP contribution in [0.1, 0.15) is 44.6 Å². The van der Waals surface area contributed by atoms with E-state index >= 15 is 0 Å². The molecule has 0 bridgehead atoms. The molecule has 1 aromatic rings. The SMILES string of the molecule is CCC(CN)c1nccc(CC(C)C)n1. The summed E-state index contributed by atoms with van der Waals surface area (Å²) in [5.74, 6) is 1.83. The Hall–Kier alpha value is -0.960. The van der Waals surface area contributed by atoms with E-state index < -0.39 is 0 Å². The van der Waals surface area contributed by atoms with Gasteiger partial charge in [-0.3, -0.25) is 0 Å². The molecule has 0 aromatic carbocycles. The normalized spacial score (nSPS) is 13.1. The van der Waals surface area contributed by atoms with Crippen LogP contribution in [0.4, 0.5) is 0 Å². The Balaban J connectivity index is 2.81. The maximum atomic E-state index is 5.69. The molecule has 1 aromatic heterocycles. The highest BCUT2D eigenvalue weighted by Crippen LogP contribution is 2.14. The highest BCUT2D eigenvalue weighted by Gasteiger charge is 2.11. The van der Waals surface area contributed by atoms with E-state index in [0.29, 0.717) is 18.4 Å². The van der Waals surface area contributed by atoms with E-state index in [9.17, 15) is 0 Å². The number of hydrogen-bond acceptors (Lipinski definition) is 3. The Labute approximate surface area is 92.1 Å². The van der Waals surface area contributed by atoms with E-state index in [1.54, 1.807) is 0 Å². The molecule has 2 N–H and O–H groups in total. The number of nitrogens with zero attached hydrogens (tertiary/aromatic N) is 2. The van der Waals surface area contributed by atoms with E-state index in [0.717, 1.165) is 24.4 Å². The second kappa shape index (κ2) is 5.81. The van der Waals surface area contributed by atoms with Crippen LogP contribution in [0, 0.1) is 5.92 Å². The summed E-state index contributed by atoms with van der Waals surface area (Å²) in [6.45, 7) is 7.14. The van der Waals surface area contributed by atoms with Crippen molar-refractivity contribution in [2.75, 3.05) is 6.54 Å². The highest BCUT2D eigenvalue weighted by molar-refractivity contribution is 5.06. The zero-order valence-electron chi connectivity index (χ0n) is 9.90. The molecule has 0 fully saturated rings. The first-order valence-corrected chi connectivity index (χ1v) is 5.69. The van der Waals surface area contributed by atoms with Crippen LogP contribution in [0.3, 0.4) is 0 Å². The fourth-order valence-electron chi connectivity index (χ4n) is 1.60. The van der Waals surface area contributed by atoms with Crippen molar-refractivity contribution >= 4 is 0 Å². The summed E-state index contributed by atoms with van der Waals surface area (Å²) in [6, 6.07) is 1.99. The van der Waals surface area contributed by atoms with Crippen LogP contribution in [0.25, 0.3) is 0 Å². The maximum Gasteiger partial charge on any atom is 0.132 e. The molecule has 15 heavy (non-hydrogen) atoms. The fraction of sp³-hybridized carbons (Fsp3) is 0.667. The summed E-state index contributed by atoms with van der Waals surface area (Å²) in [5, 5.41) is 0. The number of nitrogens with two attached hydrogens (primary N) is 1. The van der Waals surface area contributed by atoms with Gasteiger partial charge < -0.3 is 5.73 Å². The molecule has 1 heterocycles. The third-order valence-electron chi connectivity index (χ3n) is 2.49. The van der Waals surface area contributed by atoms with Crippen LogP contribution in [0.15, 0.2) is 12.3 Å². The molecule has 0 saturated heterocycles. The number of hydrogen-bond donors (Lipinski definition) is 1. The van der Waals surface area contributed by atoms with Crippen molar-refractivity contribution in [2.45, 2.75) is 39.5 Å². The van der Waals surface area contributed by atoms with Gasteiger partial charge in [-0.1, -0.05) is 20.8 Å². The summed E-state index contributed by atoms with van der Waals surface area (Å²) in [4.78, 5) is 8.86. The molecule has 1 unspecified atom stereocenters. The van der Waals surface area contributed by atoms with E-state index in [2.05, 4.69) is 30.7 Å². The molecule has 0 aliphatic heterocycles. The molecule has 3 nitrogen and oxygen atoms in total. The van der Waals surface area contributed by atoms with Crippen LogP contribution in [-0.2, 0) is 6.42 Å². The van der Waals surface area contributed by atoms with Gasteiger partial charge in [-0.05, 0) is 24.8 Å². The first kappa shape index (κ1) is 12.1. The molecule has 0 saturated carbocycles. The molecule has 0 amide bonds. The van der Waals surface area contributed by atoms with Crippen molar-refractivity contribution in [3.63, 3.8) is 0 Å². The summed E-state index contributed by atoms with van der Waals surface area (Å²) in [6.07, 6.45) is 3.86. The molecule has 1 atom stereocenters. The first-order valence-electron chi connectivity index (χ1n) is 5.69. The lowest BCUT2D eigenvalue weighted by Gasteiger charge is -2.12. The zero-order chi connectivity index (χ0) is 11.3. The second-order valence-electron chi connectivity index (χ2n) is 4.35. The molecule has 1 rings (SSSR count). The minimum absolute atomic E-state index is 0.303. The lowest BCUT2D eigenvalue weighted by Crippen LogP contribution is -2.15. The van der Waals surface area contributed by atoms with Gasteiger partial charge in [0.1, 0.15) is 5.82 Å². The van der Waals surface area contributed by atoms with Crippen molar-refractivity contribution in [3.8, 4) is 0 Å². The molecule has 0 spiro atoms. The largest absolute Gasteiger partial charge is 0.330 e. The van der Waals surface area contributed by atoms with E-state index in [1.807, 2.05) is 12.3 Å². The molecular formula is C12H21N3. The first-order chi connectivity index (χ1) is 7.17. The van der Waals surface area contributed by atoms with Gasteiger partial charge in [-0.25, -0.2) is 9.97 Å². The molecule has 0 aliphatic carbocycles. The predicted molar refractivity (Wildman–Crippen MR) is 62.7 cm³/mol. The number of rotatable bonds is 5. The second-order valence-corrected chi connectivity index (χ2v) is 4.35. The quantitative estimate of drug-likeness (QED) is 0.804. The summed E-state index contributed by atoms with van der Waals surface area (Å²) >= 11 is 0. The average molecular weight is 207 g/mol. The van der Waals surface area contributed by atoms with Gasteiger partial charge in [0.25, 0.3) is 0 Å².